The number of aliphatic hydroxyl groups is 1. The van der Waals surface area contributed by atoms with E-state index >= 15 is 0 Å². The van der Waals surface area contributed by atoms with Gasteiger partial charge in [-0.2, -0.15) is 13.2 Å². The molecule has 222 valence electrons. The number of allylic oxidation sites excluding steroid dienone is 3. The Morgan fingerprint density at radius 3 is 2.38 bits per heavy atom. The molecule has 0 spiro atoms. The van der Waals surface area contributed by atoms with Crippen LogP contribution in [-0.4, -0.2) is 42.1 Å². The summed E-state index contributed by atoms with van der Waals surface area (Å²) in [7, 11) is 0. The molecule has 3 heterocycles. The molecular formula is C32H45F3N2O3. The van der Waals surface area contributed by atoms with Crippen LogP contribution in [0.2, 0.25) is 0 Å². The second-order valence-corrected chi connectivity index (χ2v) is 13.6. The van der Waals surface area contributed by atoms with Crippen molar-refractivity contribution in [3.63, 3.8) is 0 Å². The van der Waals surface area contributed by atoms with Crippen LogP contribution in [0.4, 0.5) is 13.2 Å². The minimum absolute atomic E-state index is 0.00882. The van der Waals surface area contributed by atoms with Gasteiger partial charge in [-0.15, -0.1) is 0 Å². The van der Waals surface area contributed by atoms with Crippen LogP contribution in [-0.2, 0) is 15.9 Å². The van der Waals surface area contributed by atoms with Crippen molar-refractivity contribution in [3.8, 4) is 0 Å². The predicted octanol–water partition coefficient (Wildman–Crippen LogP) is 7.48. The van der Waals surface area contributed by atoms with E-state index in [4.69, 9.17) is 14.5 Å². The van der Waals surface area contributed by atoms with Gasteiger partial charge in [0.25, 0.3) is 0 Å². The van der Waals surface area contributed by atoms with Crippen molar-refractivity contribution in [1.29, 1.82) is 0 Å². The molecule has 0 fully saturated rings. The van der Waals surface area contributed by atoms with Crippen LogP contribution in [0.1, 0.15) is 114 Å². The molecule has 1 aromatic rings. The first-order valence-electron chi connectivity index (χ1n) is 14.4. The zero-order valence-electron chi connectivity index (χ0n) is 25.1. The van der Waals surface area contributed by atoms with Crippen molar-refractivity contribution in [3.05, 3.63) is 57.6 Å². The van der Waals surface area contributed by atoms with Crippen LogP contribution < -0.4 is 5.32 Å². The number of hydrogen-bond donors (Lipinski definition) is 2. The van der Waals surface area contributed by atoms with Crippen molar-refractivity contribution < 1.29 is 27.8 Å². The number of nitrogens with one attached hydrogen (secondary N) is 1. The standard InChI is InChI=1S/C32H45F3N2O3/c1-18(2)28-27(29(38)21-9-10-24(36-17-21)32(33,34)35)25(20-11-13-39-14-12-20)26-22(37-28)15-31(7,8)16-23(26)40-19(3)30(4,5)6/h9-11,18-19,23,29,36,38H,12-17H2,1-8H3/t19?,23?,29-/m1/s1. The Hall–Kier alpha value is -2.16. The number of aliphatic hydroxyl groups excluding tert-OH is 1. The van der Waals surface area contributed by atoms with Gasteiger partial charge < -0.3 is 19.9 Å². The third-order valence-electron chi connectivity index (χ3n) is 8.38. The summed E-state index contributed by atoms with van der Waals surface area (Å²) in [6.45, 7) is 18.1. The molecule has 3 aliphatic rings. The molecule has 40 heavy (non-hydrogen) atoms. The average molecular weight is 563 g/mol. The Morgan fingerprint density at radius 2 is 1.85 bits per heavy atom. The van der Waals surface area contributed by atoms with Crippen LogP contribution >= 0.6 is 0 Å². The summed E-state index contributed by atoms with van der Waals surface area (Å²) in [5.74, 6) is -0.00882. The fraction of sp³-hybridized carbons (Fsp3) is 0.656. The largest absolute Gasteiger partial charge is 0.430 e. The van der Waals surface area contributed by atoms with E-state index in [0.29, 0.717) is 30.8 Å². The van der Waals surface area contributed by atoms with Crippen LogP contribution in [0, 0.1) is 10.8 Å². The van der Waals surface area contributed by atoms with Crippen molar-refractivity contribution in [1.82, 2.24) is 10.3 Å². The molecule has 3 atom stereocenters. The van der Waals surface area contributed by atoms with Gasteiger partial charge in [0.15, 0.2) is 0 Å². The molecule has 5 nitrogen and oxygen atoms in total. The van der Waals surface area contributed by atoms with Gasteiger partial charge in [0.05, 0.1) is 25.4 Å². The van der Waals surface area contributed by atoms with Crippen LogP contribution in [0.25, 0.3) is 5.57 Å². The topological polar surface area (TPSA) is 63.6 Å². The molecule has 0 radical (unpaired) electrons. The molecule has 1 aromatic heterocycles. The Labute approximate surface area is 236 Å². The summed E-state index contributed by atoms with van der Waals surface area (Å²) < 4.78 is 52.3. The summed E-state index contributed by atoms with van der Waals surface area (Å²) in [6, 6.07) is 0. The van der Waals surface area contributed by atoms with Gasteiger partial charge in [-0.05, 0) is 65.7 Å². The fourth-order valence-electron chi connectivity index (χ4n) is 5.75. The number of rotatable bonds is 6. The van der Waals surface area contributed by atoms with E-state index in [-0.39, 0.29) is 35.5 Å². The maximum atomic E-state index is 13.3. The Kier molecular flexibility index (Phi) is 8.66. The summed E-state index contributed by atoms with van der Waals surface area (Å²) >= 11 is 0. The second kappa shape index (κ2) is 11.3. The molecule has 2 aliphatic heterocycles. The van der Waals surface area contributed by atoms with E-state index in [0.717, 1.165) is 47.0 Å². The molecule has 2 N–H and O–H groups in total. The number of pyridine rings is 1. The lowest BCUT2D eigenvalue weighted by molar-refractivity contribution is -0.0968. The highest BCUT2D eigenvalue weighted by molar-refractivity contribution is 5.75. The first kappa shape index (κ1) is 30.8. The first-order chi connectivity index (χ1) is 18.5. The minimum atomic E-state index is -4.47. The van der Waals surface area contributed by atoms with E-state index in [1.54, 1.807) is 0 Å². The molecule has 0 aromatic carbocycles. The third-order valence-corrected chi connectivity index (χ3v) is 8.38. The van der Waals surface area contributed by atoms with Gasteiger partial charge in [-0.25, -0.2) is 0 Å². The molecule has 0 bridgehead atoms. The van der Waals surface area contributed by atoms with Gasteiger partial charge in [-0.3, -0.25) is 4.98 Å². The number of nitrogens with zero attached hydrogens (tertiary/aromatic N) is 1. The van der Waals surface area contributed by atoms with Crippen LogP contribution in [0.15, 0.2) is 29.5 Å². The van der Waals surface area contributed by atoms with E-state index in [9.17, 15) is 18.3 Å². The number of ether oxygens (including phenoxy) is 2. The smallest absolute Gasteiger partial charge is 0.384 e. The van der Waals surface area contributed by atoms with Gasteiger partial charge in [0.2, 0.25) is 0 Å². The molecule has 4 rings (SSSR count). The lowest BCUT2D eigenvalue weighted by Crippen LogP contribution is -2.35. The molecule has 0 saturated heterocycles. The summed E-state index contributed by atoms with van der Waals surface area (Å²) in [4.78, 5) is 5.21. The van der Waals surface area contributed by atoms with Gasteiger partial charge in [-0.1, -0.05) is 60.6 Å². The lowest BCUT2D eigenvalue weighted by atomic mass is 9.70. The van der Waals surface area contributed by atoms with Crippen LogP contribution in [0.5, 0.6) is 0 Å². The minimum Gasteiger partial charge on any atom is -0.384 e. The maximum absolute atomic E-state index is 13.3. The number of hydrogen-bond acceptors (Lipinski definition) is 5. The van der Waals surface area contributed by atoms with Gasteiger partial charge in [0, 0.05) is 29.1 Å². The number of dihydropyridines is 1. The van der Waals surface area contributed by atoms with E-state index in [2.05, 4.69) is 52.9 Å². The van der Waals surface area contributed by atoms with E-state index in [1.807, 2.05) is 13.8 Å². The fourth-order valence-corrected chi connectivity index (χ4v) is 5.75. The molecule has 0 amide bonds. The average Bonchev–Trinajstić information content (AvgIpc) is 2.86. The van der Waals surface area contributed by atoms with Crippen molar-refractivity contribution >= 4 is 5.57 Å². The summed E-state index contributed by atoms with van der Waals surface area (Å²) in [6.07, 6.45) is 0.868. The number of fused-ring (bicyclic) bond motifs is 1. The molecule has 1 aliphatic carbocycles. The monoisotopic (exact) mass is 562 g/mol. The zero-order valence-corrected chi connectivity index (χ0v) is 25.1. The number of alkyl halides is 3. The SMILES string of the molecule is CC(C)c1nc2c(c(C3=CCOCC3)c1[C@H](O)C1=CC=C(C(F)(F)F)NC1)C(OC(C)C(C)(C)C)CC(C)(C)C2. The van der Waals surface area contributed by atoms with E-state index < -0.39 is 18.0 Å². The summed E-state index contributed by atoms with van der Waals surface area (Å²) in [5, 5.41) is 14.4. The highest BCUT2D eigenvalue weighted by atomic mass is 19.4. The zero-order chi connectivity index (χ0) is 29.6. The van der Waals surface area contributed by atoms with Crippen molar-refractivity contribution in [2.75, 3.05) is 19.8 Å². The Balaban J connectivity index is 1.97. The Morgan fingerprint density at radius 1 is 1.15 bits per heavy atom. The summed E-state index contributed by atoms with van der Waals surface area (Å²) in [5.41, 5.74) is 5.03. The van der Waals surface area contributed by atoms with E-state index in [1.165, 1.54) is 6.08 Å². The number of aromatic nitrogens is 1. The van der Waals surface area contributed by atoms with Gasteiger partial charge in [0.1, 0.15) is 11.8 Å². The second-order valence-electron chi connectivity index (χ2n) is 13.6. The molecule has 8 heteroatoms. The highest BCUT2D eigenvalue weighted by Crippen LogP contribution is 2.50. The molecule has 0 saturated carbocycles. The maximum Gasteiger partial charge on any atom is 0.430 e. The molecule has 2 unspecified atom stereocenters. The number of halogens is 3. The van der Waals surface area contributed by atoms with Crippen molar-refractivity contribution in [2.24, 2.45) is 10.8 Å². The Bertz CT molecular complexity index is 1210. The first-order valence-corrected chi connectivity index (χ1v) is 14.4. The lowest BCUT2D eigenvalue weighted by Gasteiger charge is -2.42. The van der Waals surface area contributed by atoms with Gasteiger partial charge >= 0.3 is 6.18 Å². The molecular weight excluding hydrogens is 517 g/mol. The normalized spacial score (nSPS) is 23.0. The van der Waals surface area contributed by atoms with Crippen LogP contribution in [0.3, 0.4) is 0 Å². The highest BCUT2D eigenvalue weighted by Gasteiger charge is 2.41. The quantitative estimate of drug-likeness (QED) is 0.376. The third kappa shape index (κ3) is 6.50. The predicted molar refractivity (Wildman–Crippen MR) is 152 cm³/mol. The van der Waals surface area contributed by atoms with Crippen molar-refractivity contribution in [2.45, 2.75) is 105 Å².